The molecular formula is C15H22ClNO3S. The maximum Gasteiger partial charge on any atom is 0.243 e. The Morgan fingerprint density at radius 3 is 2.62 bits per heavy atom. The molecular weight excluding hydrogens is 310 g/mol. The molecule has 0 amide bonds. The van der Waals surface area contributed by atoms with E-state index in [9.17, 15) is 8.42 Å². The van der Waals surface area contributed by atoms with Crippen LogP contribution < -0.4 is 4.74 Å². The Balaban J connectivity index is 2.41. The molecule has 2 rings (SSSR count). The summed E-state index contributed by atoms with van der Waals surface area (Å²) in [6.45, 7) is 6.91. The quantitative estimate of drug-likeness (QED) is 0.777. The molecule has 4 nitrogen and oxygen atoms in total. The van der Waals surface area contributed by atoms with E-state index in [1.165, 1.54) is 0 Å². The predicted molar refractivity (Wildman–Crippen MR) is 84.4 cm³/mol. The number of benzene rings is 1. The molecule has 1 aromatic carbocycles. The summed E-state index contributed by atoms with van der Waals surface area (Å²) < 4.78 is 32.7. The lowest BCUT2D eigenvalue weighted by Gasteiger charge is -2.30. The smallest absolute Gasteiger partial charge is 0.243 e. The van der Waals surface area contributed by atoms with E-state index >= 15 is 0 Å². The van der Waals surface area contributed by atoms with Gasteiger partial charge < -0.3 is 4.74 Å². The Kier molecular flexibility index (Phi) is 4.85. The second kappa shape index (κ2) is 6.15. The van der Waals surface area contributed by atoms with Crippen LogP contribution in [0.3, 0.4) is 0 Å². The molecule has 1 fully saturated rings. The van der Waals surface area contributed by atoms with Crippen molar-refractivity contribution in [3.05, 3.63) is 23.8 Å². The molecule has 0 radical (unpaired) electrons. The molecule has 0 atom stereocenters. The number of nitrogens with zero attached hydrogens (tertiary/aromatic N) is 1. The third-order valence-corrected chi connectivity index (χ3v) is 6.28. The Morgan fingerprint density at radius 2 is 2.10 bits per heavy atom. The number of hydrogen-bond acceptors (Lipinski definition) is 3. The number of ether oxygens (including phenoxy) is 1. The van der Waals surface area contributed by atoms with Gasteiger partial charge in [-0.15, -0.1) is 11.6 Å². The molecule has 1 aliphatic heterocycles. The maximum atomic E-state index is 12.8. The first-order chi connectivity index (χ1) is 9.82. The highest BCUT2D eigenvalue weighted by atomic mass is 35.5. The molecule has 0 saturated carbocycles. The zero-order valence-electron chi connectivity index (χ0n) is 12.7. The lowest BCUT2D eigenvalue weighted by molar-refractivity contribution is 0.291. The molecule has 1 aliphatic rings. The van der Waals surface area contributed by atoms with E-state index in [0.29, 0.717) is 24.5 Å². The number of halogens is 1. The Hall–Kier alpha value is -0.780. The van der Waals surface area contributed by atoms with Crippen LogP contribution in [0.2, 0.25) is 0 Å². The van der Waals surface area contributed by atoms with Crippen LogP contribution in [0.25, 0.3) is 0 Å². The second-order valence-electron chi connectivity index (χ2n) is 5.83. The standard InChI is InChI=1S/C15H22ClNO3S/c1-4-20-14-7-6-13(10-12(14)11-16)21(18,19)17-9-5-8-15(17,2)3/h6-7,10H,4-5,8-9,11H2,1-3H3. The maximum absolute atomic E-state index is 12.8. The van der Waals surface area contributed by atoms with E-state index in [4.69, 9.17) is 16.3 Å². The summed E-state index contributed by atoms with van der Waals surface area (Å²) in [5, 5.41) is 0. The summed E-state index contributed by atoms with van der Waals surface area (Å²) in [5.74, 6) is 0.870. The Morgan fingerprint density at radius 1 is 1.38 bits per heavy atom. The fraction of sp³-hybridized carbons (Fsp3) is 0.600. The molecule has 1 aromatic rings. The summed E-state index contributed by atoms with van der Waals surface area (Å²) >= 11 is 5.92. The Labute approximate surface area is 132 Å². The third kappa shape index (κ3) is 3.20. The molecule has 118 valence electrons. The lowest BCUT2D eigenvalue weighted by Crippen LogP contribution is -2.42. The van der Waals surface area contributed by atoms with Crippen molar-refractivity contribution in [1.29, 1.82) is 0 Å². The molecule has 6 heteroatoms. The van der Waals surface area contributed by atoms with Gasteiger partial charge in [0.25, 0.3) is 0 Å². The average Bonchev–Trinajstić information content (AvgIpc) is 2.79. The Bertz CT molecular complexity index is 613. The third-order valence-electron chi connectivity index (χ3n) is 3.89. The van der Waals surface area contributed by atoms with E-state index in [0.717, 1.165) is 12.8 Å². The van der Waals surface area contributed by atoms with Gasteiger partial charge in [-0.05, 0) is 51.8 Å². The minimum Gasteiger partial charge on any atom is -0.494 e. The molecule has 0 aromatic heterocycles. The van der Waals surface area contributed by atoms with E-state index in [1.54, 1.807) is 22.5 Å². The molecule has 1 saturated heterocycles. The van der Waals surface area contributed by atoms with Gasteiger partial charge in [-0.2, -0.15) is 4.31 Å². The van der Waals surface area contributed by atoms with Gasteiger partial charge in [0.15, 0.2) is 0 Å². The van der Waals surface area contributed by atoms with Crippen LogP contribution in [0.5, 0.6) is 5.75 Å². The van der Waals surface area contributed by atoms with Crippen molar-refractivity contribution in [3.63, 3.8) is 0 Å². The van der Waals surface area contributed by atoms with Gasteiger partial charge in [0, 0.05) is 17.6 Å². The first-order valence-corrected chi connectivity index (χ1v) is 9.15. The van der Waals surface area contributed by atoms with Gasteiger partial charge in [0.1, 0.15) is 5.75 Å². The van der Waals surface area contributed by atoms with Crippen molar-refractivity contribution in [2.75, 3.05) is 13.2 Å². The van der Waals surface area contributed by atoms with Crippen LogP contribution in [0, 0.1) is 0 Å². The van der Waals surface area contributed by atoms with Gasteiger partial charge in [0.2, 0.25) is 10.0 Å². The van der Waals surface area contributed by atoms with Crippen LogP contribution in [0.4, 0.5) is 0 Å². The van der Waals surface area contributed by atoms with Gasteiger partial charge in [-0.1, -0.05) is 0 Å². The molecule has 0 N–H and O–H groups in total. The van der Waals surface area contributed by atoms with Crippen LogP contribution in [-0.4, -0.2) is 31.4 Å². The number of alkyl halides is 1. The van der Waals surface area contributed by atoms with Gasteiger partial charge >= 0.3 is 0 Å². The SMILES string of the molecule is CCOc1ccc(S(=O)(=O)N2CCCC2(C)C)cc1CCl. The summed E-state index contributed by atoms with van der Waals surface area (Å²) in [7, 11) is -3.49. The van der Waals surface area contributed by atoms with Crippen molar-refractivity contribution >= 4 is 21.6 Å². The van der Waals surface area contributed by atoms with E-state index in [-0.39, 0.29) is 16.3 Å². The number of sulfonamides is 1. The highest BCUT2D eigenvalue weighted by molar-refractivity contribution is 7.89. The predicted octanol–water partition coefficient (Wildman–Crippen LogP) is 3.39. The fourth-order valence-electron chi connectivity index (χ4n) is 2.77. The summed E-state index contributed by atoms with van der Waals surface area (Å²) in [6.07, 6.45) is 1.78. The molecule has 0 bridgehead atoms. The van der Waals surface area contributed by atoms with Crippen molar-refractivity contribution < 1.29 is 13.2 Å². The zero-order chi connectivity index (χ0) is 15.7. The first-order valence-electron chi connectivity index (χ1n) is 7.17. The van der Waals surface area contributed by atoms with Crippen molar-refractivity contribution in [2.45, 2.75) is 49.9 Å². The molecule has 0 aliphatic carbocycles. The normalized spacial score (nSPS) is 18.9. The lowest BCUT2D eigenvalue weighted by atomic mass is 10.0. The van der Waals surface area contributed by atoms with Crippen LogP contribution in [0.1, 0.15) is 39.2 Å². The highest BCUT2D eigenvalue weighted by Crippen LogP contribution is 2.35. The van der Waals surface area contributed by atoms with E-state index in [2.05, 4.69) is 0 Å². The number of rotatable bonds is 5. The van der Waals surface area contributed by atoms with Gasteiger partial charge in [-0.3, -0.25) is 0 Å². The van der Waals surface area contributed by atoms with E-state index in [1.807, 2.05) is 20.8 Å². The number of hydrogen-bond donors (Lipinski definition) is 0. The average molecular weight is 332 g/mol. The van der Waals surface area contributed by atoms with Gasteiger partial charge in [0.05, 0.1) is 17.4 Å². The highest BCUT2D eigenvalue weighted by Gasteiger charge is 2.40. The minimum absolute atomic E-state index is 0.224. The van der Waals surface area contributed by atoms with Gasteiger partial charge in [-0.25, -0.2) is 8.42 Å². The van der Waals surface area contributed by atoms with E-state index < -0.39 is 10.0 Å². The molecule has 0 spiro atoms. The second-order valence-corrected chi connectivity index (χ2v) is 7.96. The minimum atomic E-state index is -3.49. The largest absolute Gasteiger partial charge is 0.494 e. The van der Waals surface area contributed by atoms with Crippen LogP contribution >= 0.6 is 11.6 Å². The summed E-state index contributed by atoms with van der Waals surface area (Å²) in [4.78, 5) is 0.288. The topological polar surface area (TPSA) is 46.6 Å². The first kappa shape index (κ1) is 16.6. The van der Waals surface area contributed by atoms with Crippen molar-refractivity contribution in [3.8, 4) is 5.75 Å². The van der Waals surface area contributed by atoms with Crippen molar-refractivity contribution in [2.24, 2.45) is 0 Å². The van der Waals surface area contributed by atoms with Crippen molar-refractivity contribution in [1.82, 2.24) is 4.31 Å². The molecule has 0 unspecified atom stereocenters. The molecule has 1 heterocycles. The van der Waals surface area contributed by atoms with Crippen LogP contribution in [-0.2, 0) is 15.9 Å². The molecule has 21 heavy (non-hydrogen) atoms. The summed E-state index contributed by atoms with van der Waals surface area (Å²) in [5.41, 5.74) is 0.370. The zero-order valence-corrected chi connectivity index (χ0v) is 14.3. The fourth-order valence-corrected chi connectivity index (χ4v) is 4.88. The van der Waals surface area contributed by atoms with Crippen LogP contribution in [0.15, 0.2) is 23.1 Å². The summed E-state index contributed by atoms with van der Waals surface area (Å²) in [6, 6.07) is 4.92. The monoisotopic (exact) mass is 331 g/mol.